The molecule has 7 heteroatoms. The zero-order valence-corrected chi connectivity index (χ0v) is 16.6. The number of aliphatic imine (C=N–C) groups is 1. The van der Waals surface area contributed by atoms with Gasteiger partial charge >= 0.3 is 0 Å². The minimum atomic E-state index is 0. The molecule has 2 aromatic rings. The summed E-state index contributed by atoms with van der Waals surface area (Å²) < 4.78 is 5.60. The molecule has 2 aromatic heterocycles. The van der Waals surface area contributed by atoms with Crippen LogP contribution in [0.25, 0.3) is 0 Å². The van der Waals surface area contributed by atoms with Crippen molar-refractivity contribution < 1.29 is 4.74 Å². The third kappa shape index (κ3) is 7.17. The Kier molecular flexibility index (Phi) is 9.61. The van der Waals surface area contributed by atoms with Crippen molar-refractivity contribution >= 4 is 41.3 Å². The van der Waals surface area contributed by atoms with Gasteiger partial charge in [0.2, 0.25) is 0 Å². The first-order valence-electron chi connectivity index (χ1n) is 7.37. The Morgan fingerprint density at radius 3 is 2.87 bits per heavy atom. The largest absolute Gasteiger partial charge is 0.490 e. The predicted octanol–water partition coefficient (Wildman–Crippen LogP) is 3.20. The number of nitrogens with one attached hydrogen (secondary N) is 2. The van der Waals surface area contributed by atoms with Crippen molar-refractivity contribution in [2.45, 2.75) is 20.4 Å². The summed E-state index contributed by atoms with van der Waals surface area (Å²) in [6, 6.07) is 5.88. The van der Waals surface area contributed by atoms with E-state index >= 15 is 0 Å². The molecule has 23 heavy (non-hydrogen) atoms. The van der Waals surface area contributed by atoms with E-state index in [4.69, 9.17) is 4.74 Å². The molecule has 2 N–H and O–H groups in total. The monoisotopic (exact) mass is 446 g/mol. The van der Waals surface area contributed by atoms with E-state index in [9.17, 15) is 0 Å². The maximum absolute atomic E-state index is 5.60. The van der Waals surface area contributed by atoms with Crippen molar-refractivity contribution in [1.82, 2.24) is 15.6 Å². The minimum Gasteiger partial charge on any atom is -0.490 e. The van der Waals surface area contributed by atoms with Crippen LogP contribution in [0.5, 0.6) is 5.75 Å². The van der Waals surface area contributed by atoms with E-state index in [1.165, 1.54) is 10.4 Å². The molecule has 5 nitrogen and oxygen atoms in total. The molecular weight excluding hydrogens is 423 g/mol. The third-order valence-electron chi connectivity index (χ3n) is 2.99. The van der Waals surface area contributed by atoms with Crippen molar-refractivity contribution in [3.63, 3.8) is 0 Å². The van der Waals surface area contributed by atoms with Gasteiger partial charge < -0.3 is 15.4 Å². The van der Waals surface area contributed by atoms with Crippen LogP contribution in [0, 0.1) is 6.92 Å². The summed E-state index contributed by atoms with van der Waals surface area (Å²) in [6.45, 7) is 6.95. The summed E-state index contributed by atoms with van der Waals surface area (Å²) in [7, 11) is 0. The number of pyridine rings is 1. The quantitative estimate of drug-likeness (QED) is 0.297. The molecule has 0 radical (unpaired) electrons. The SMILES string of the molecule is CCNC(=NCc1sccc1C)NCCOc1cccnc1.I. The Morgan fingerprint density at radius 2 is 2.22 bits per heavy atom. The highest BCUT2D eigenvalue weighted by atomic mass is 127. The molecular formula is C16H23IN4OS. The molecule has 0 fully saturated rings. The smallest absolute Gasteiger partial charge is 0.191 e. The fourth-order valence-corrected chi connectivity index (χ4v) is 2.66. The van der Waals surface area contributed by atoms with E-state index in [1.54, 1.807) is 23.7 Å². The number of aryl methyl sites for hydroxylation is 1. The normalized spacial score (nSPS) is 10.8. The Hall–Kier alpha value is -1.35. The first-order chi connectivity index (χ1) is 10.8. The van der Waals surface area contributed by atoms with Crippen LogP contribution in [0.2, 0.25) is 0 Å². The second-order valence-corrected chi connectivity index (χ2v) is 5.69. The molecule has 0 amide bonds. The molecule has 2 rings (SSSR count). The molecule has 0 aliphatic heterocycles. The van der Waals surface area contributed by atoms with Gasteiger partial charge in [-0.05, 0) is 43.0 Å². The molecule has 0 saturated carbocycles. The van der Waals surface area contributed by atoms with E-state index in [-0.39, 0.29) is 24.0 Å². The Labute approximate surface area is 158 Å². The number of halogens is 1. The van der Waals surface area contributed by atoms with E-state index in [2.05, 4.69) is 45.9 Å². The highest BCUT2D eigenvalue weighted by Gasteiger charge is 2.01. The van der Waals surface area contributed by atoms with E-state index in [0.717, 1.165) is 18.3 Å². The second-order valence-electron chi connectivity index (χ2n) is 4.69. The highest BCUT2D eigenvalue weighted by Crippen LogP contribution is 2.16. The van der Waals surface area contributed by atoms with E-state index in [1.807, 2.05) is 12.1 Å². The molecule has 0 aliphatic rings. The third-order valence-corrected chi connectivity index (χ3v) is 4.00. The summed E-state index contributed by atoms with van der Waals surface area (Å²) in [4.78, 5) is 9.91. The van der Waals surface area contributed by atoms with Gasteiger partial charge in [0.1, 0.15) is 12.4 Å². The van der Waals surface area contributed by atoms with Crippen LogP contribution in [-0.2, 0) is 6.54 Å². The fourth-order valence-electron chi connectivity index (χ4n) is 1.83. The van der Waals surface area contributed by atoms with Crippen molar-refractivity contribution in [1.29, 1.82) is 0 Å². The number of rotatable bonds is 7. The van der Waals surface area contributed by atoms with Gasteiger partial charge in [-0.2, -0.15) is 0 Å². The van der Waals surface area contributed by atoms with Gasteiger partial charge in [0, 0.05) is 17.6 Å². The lowest BCUT2D eigenvalue weighted by atomic mass is 10.3. The van der Waals surface area contributed by atoms with Crippen molar-refractivity contribution in [3.05, 3.63) is 46.4 Å². The lowest BCUT2D eigenvalue weighted by molar-refractivity contribution is 0.320. The maximum atomic E-state index is 5.60. The zero-order valence-electron chi connectivity index (χ0n) is 13.4. The molecule has 0 spiro atoms. The van der Waals surface area contributed by atoms with Crippen LogP contribution in [-0.4, -0.2) is 30.6 Å². The van der Waals surface area contributed by atoms with Gasteiger partial charge in [0.25, 0.3) is 0 Å². The molecule has 0 aliphatic carbocycles. The van der Waals surface area contributed by atoms with Crippen LogP contribution in [0.4, 0.5) is 0 Å². The van der Waals surface area contributed by atoms with Crippen molar-refractivity contribution in [2.24, 2.45) is 4.99 Å². The van der Waals surface area contributed by atoms with Gasteiger partial charge in [-0.25, -0.2) is 4.99 Å². The average molecular weight is 446 g/mol. The summed E-state index contributed by atoms with van der Waals surface area (Å²) in [5.41, 5.74) is 1.30. The van der Waals surface area contributed by atoms with Gasteiger partial charge in [-0.15, -0.1) is 35.3 Å². The van der Waals surface area contributed by atoms with E-state index < -0.39 is 0 Å². The van der Waals surface area contributed by atoms with Gasteiger partial charge in [0.15, 0.2) is 5.96 Å². The molecule has 0 bridgehead atoms. The standard InChI is InChI=1S/C16H22N4OS.HI/c1-3-18-16(20-12-15-13(2)6-10-22-15)19-8-9-21-14-5-4-7-17-11-14;/h4-7,10-11H,3,8-9,12H2,1-2H3,(H2,18,19,20);1H. The fraction of sp³-hybridized carbons (Fsp3) is 0.375. The zero-order chi connectivity index (χ0) is 15.6. The predicted molar refractivity (Wildman–Crippen MR) is 107 cm³/mol. The number of ether oxygens (including phenoxy) is 1. The number of hydrogen-bond acceptors (Lipinski definition) is 4. The minimum absolute atomic E-state index is 0. The molecule has 0 atom stereocenters. The second kappa shape index (κ2) is 11.2. The van der Waals surface area contributed by atoms with Crippen molar-refractivity contribution in [2.75, 3.05) is 19.7 Å². The van der Waals surface area contributed by atoms with Crippen LogP contribution in [0.3, 0.4) is 0 Å². The van der Waals surface area contributed by atoms with Gasteiger partial charge in [-0.3, -0.25) is 4.98 Å². The molecule has 0 aromatic carbocycles. The summed E-state index contributed by atoms with van der Waals surface area (Å²) >= 11 is 1.74. The Bertz CT molecular complexity index is 589. The lowest BCUT2D eigenvalue weighted by Gasteiger charge is -2.11. The Morgan fingerprint density at radius 1 is 1.35 bits per heavy atom. The number of thiophene rings is 1. The van der Waals surface area contributed by atoms with Crippen molar-refractivity contribution in [3.8, 4) is 5.75 Å². The van der Waals surface area contributed by atoms with Gasteiger partial charge in [0.05, 0.1) is 19.3 Å². The van der Waals surface area contributed by atoms with Crippen LogP contribution in [0.1, 0.15) is 17.4 Å². The molecule has 2 heterocycles. The Balaban J connectivity index is 0.00000264. The lowest BCUT2D eigenvalue weighted by Crippen LogP contribution is -2.39. The average Bonchev–Trinajstić information content (AvgIpc) is 2.95. The first kappa shape index (κ1) is 19.7. The molecule has 0 unspecified atom stereocenters. The number of guanidine groups is 1. The number of nitrogens with zero attached hydrogens (tertiary/aromatic N) is 2. The highest BCUT2D eigenvalue weighted by molar-refractivity contribution is 14.0. The number of hydrogen-bond donors (Lipinski definition) is 2. The van der Waals surface area contributed by atoms with Gasteiger partial charge in [-0.1, -0.05) is 0 Å². The number of aromatic nitrogens is 1. The van der Waals surface area contributed by atoms with E-state index in [0.29, 0.717) is 19.7 Å². The van der Waals surface area contributed by atoms with Crippen LogP contribution >= 0.6 is 35.3 Å². The summed E-state index contributed by atoms with van der Waals surface area (Å²) in [5, 5.41) is 8.61. The molecule has 0 saturated heterocycles. The molecule has 126 valence electrons. The summed E-state index contributed by atoms with van der Waals surface area (Å²) in [5.74, 6) is 1.59. The maximum Gasteiger partial charge on any atom is 0.191 e. The first-order valence-corrected chi connectivity index (χ1v) is 8.25. The summed E-state index contributed by atoms with van der Waals surface area (Å²) in [6.07, 6.45) is 3.44. The topological polar surface area (TPSA) is 58.5 Å². The van der Waals surface area contributed by atoms with Crippen LogP contribution in [0.15, 0.2) is 41.0 Å². The van der Waals surface area contributed by atoms with Crippen LogP contribution < -0.4 is 15.4 Å².